The van der Waals surface area contributed by atoms with E-state index in [1.807, 2.05) is 0 Å². The molecule has 0 bridgehead atoms. The fraction of sp³-hybridized carbons (Fsp3) is 0.605. The SMILES string of the molecule is CCCCCCCC(CC)CN(CC(CC)CCCCCCC)C(=O)OCc1c2ccccc2cc2ccccc12. The molecule has 0 aliphatic heterocycles. The molecule has 226 valence electrons. The highest BCUT2D eigenvalue weighted by Gasteiger charge is 2.23. The number of unbranched alkanes of at least 4 members (excludes halogenated alkanes) is 8. The monoisotopic (exact) mass is 559 g/mol. The van der Waals surface area contributed by atoms with E-state index in [0.717, 1.165) is 31.5 Å². The quantitative estimate of drug-likeness (QED) is 0.102. The number of amides is 1. The fourth-order valence-corrected chi connectivity index (χ4v) is 6.26. The lowest BCUT2D eigenvalue weighted by Crippen LogP contribution is -2.39. The zero-order valence-corrected chi connectivity index (χ0v) is 26.6. The van der Waals surface area contributed by atoms with Crippen LogP contribution in [-0.4, -0.2) is 24.1 Å². The summed E-state index contributed by atoms with van der Waals surface area (Å²) in [6.45, 7) is 11.0. The first-order valence-corrected chi connectivity index (χ1v) is 16.9. The maximum atomic E-state index is 13.8. The Morgan fingerprint density at radius 1 is 0.659 bits per heavy atom. The number of fused-ring (bicyclic) bond motifs is 2. The van der Waals surface area contributed by atoms with Crippen molar-refractivity contribution in [3.63, 3.8) is 0 Å². The van der Waals surface area contributed by atoms with Crippen LogP contribution in [-0.2, 0) is 11.3 Å². The molecule has 0 aliphatic rings. The van der Waals surface area contributed by atoms with Crippen LogP contribution in [0.25, 0.3) is 21.5 Å². The van der Waals surface area contributed by atoms with Gasteiger partial charge in [0.25, 0.3) is 0 Å². The van der Waals surface area contributed by atoms with Gasteiger partial charge in [-0.1, -0.05) is 153 Å². The first-order chi connectivity index (χ1) is 20.1. The highest BCUT2D eigenvalue weighted by Crippen LogP contribution is 2.29. The Balaban J connectivity index is 1.73. The van der Waals surface area contributed by atoms with Crippen LogP contribution in [0.3, 0.4) is 0 Å². The largest absolute Gasteiger partial charge is 0.444 e. The fourth-order valence-electron chi connectivity index (χ4n) is 6.26. The van der Waals surface area contributed by atoms with Crippen LogP contribution in [0.1, 0.15) is 123 Å². The van der Waals surface area contributed by atoms with Gasteiger partial charge in [-0.3, -0.25) is 0 Å². The van der Waals surface area contributed by atoms with E-state index in [4.69, 9.17) is 4.74 Å². The van der Waals surface area contributed by atoms with Crippen molar-refractivity contribution in [1.29, 1.82) is 0 Å². The van der Waals surface area contributed by atoms with E-state index in [-0.39, 0.29) is 6.09 Å². The first-order valence-electron chi connectivity index (χ1n) is 16.9. The van der Waals surface area contributed by atoms with Gasteiger partial charge in [0.1, 0.15) is 6.61 Å². The first kappa shape index (κ1) is 33.0. The normalized spacial score (nSPS) is 13.0. The lowest BCUT2D eigenvalue weighted by molar-refractivity contribution is 0.0818. The number of rotatable bonds is 20. The lowest BCUT2D eigenvalue weighted by atomic mass is 9.95. The van der Waals surface area contributed by atoms with E-state index < -0.39 is 0 Å². The summed E-state index contributed by atoms with van der Waals surface area (Å²) in [7, 11) is 0. The second kappa shape index (κ2) is 18.8. The molecule has 0 spiro atoms. The minimum absolute atomic E-state index is 0.143. The Bertz CT molecular complexity index is 1080. The summed E-state index contributed by atoms with van der Waals surface area (Å²) < 4.78 is 6.20. The number of hydrogen-bond donors (Lipinski definition) is 0. The molecule has 0 aliphatic carbocycles. The van der Waals surface area contributed by atoms with Crippen molar-refractivity contribution in [3.8, 4) is 0 Å². The number of carbonyl (C=O) groups excluding carboxylic acids is 1. The minimum Gasteiger partial charge on any atom is -0.444 e. The Morgan fingerprint density at radius 2 is 1.12 bits per heavy atom. The molecule has 0 aromatic heterocycles. The predicted octanol–water partition coefficient (Wildman–Crippen LogP) is 11.7. The Kier molecular flexibility index (Phi) is 15.1. The van der Waals surface area contributed by atoms with Crippen molar-refractivity contribution < 1.29 is 9.53 Å². The summed E-state index contributed by atoms with van der Waals surface area (Å²) in [5.74, 6) is 1.06. The molecule has 0 N–H and O–H groups in total. The van der Waals surface area contributed by atoms with E-state index in [9.17, 15) is 4.79 Å². The topological polar surface area (TPSA) is 29.5 Å². The average molecular weight is 560 g/mol. The van der Waals surface area contributed by atoms with E-state index >= 15 is 0 Å². The third-order valence-corrected chi connectivity index (χ3v) is 9.02. The summed E-state index contributed by atoms with van der Waals surface area (Å²) >= 11 is 0. The number of ether oxygens (including phenoxy) is 1. The molecule has 0 fully saturated rings. The van der Waals surface area contributed by atoms with E-state index in [0.29, 0.717) is 18.4 Å². The van der Waals surface area contributed by atoms with Gasteiger partial charge < -0.3 is 9.64 Å². The molecular formula is C38H57NO2. The minimum atomic E-state index is -0.143. The van der Waals surface area contributed by atoms with Gasteiger partial charge in [-0.15, -0.1) is 0 Å². The van der Waals surface area contributed by atoms with Crippen molar-refractivity contribution in [2.75, 3.05) is 13.1 Å². The lowest BCUT2D eigenvalue weighted by Gasteiger charge is -2.30. The molecule has 3 heteroatoms. The summed E-state index contributed by atoms with van der Waals surface area (Å²) in [4.78, 5) is 15.9. The Labute approximate surface area is 251 Å². The van der Waals surface area contributed by atoms with Crippen molar-refractivity contribution in [2.24, 2.45) is 11.8 Å². The molecule has 3 aromatic carbocycles. The van der Waals surface area contributed by atoms with Gasteiger partial charge in [-0.2, -0.15) is 0 Å². The molecule has 2 unspecified atom stereocenters. The smallest absolute Gasteiger partial charge is 0.410 e. The van der Waals surface area contributed by atoms with Gasteiger partial charge in [-0.05, 0) is 52.3 Å². The van der Waals surface area contributed by atoms with Crippen molar-refractivity contribution in [3.05, 3.63) is 60.2 Å². The van der Waals surface area contributed by atoms with Crippen LogP contribution in [0.5, 0.6) is 0 Å². The molecule has 0 saturated heterocycles. The molecule has 41 heavy (non-hydrogen) atoms. The molecule has 0 radical (unpaired) electrons. The zero-order chi connectivity index (χ0) is 29.3. The Morgan fingerprint density at radius 3 is 1.59 bits per heavy atom. The number of carbonyl (C=O) groups is 1. The van der Waals surface area contributed by atoms with Crippen LogP contribution in [0.15, 0.2) is 54.6 Å². The second-order valence-corrected chi connectivity index (χ2v) is 12.2. The molecule has 3 aromatic rings. The number of nitrogens with zero attached hydrogens (tertiary/aromatic N) is 1. The highest BCUT2D eigenvalue weighted by molar-refractivity contribution is 6.02. The van der Waals surface area contributed by atoms with Crippen LogP contribution in [0.4, 0.5) is 4.79 Å². The maximum absolute atomic E-state index is 13.8. The second-order valence-electron chi connectivity index (χ2n) is 12.2. The standard InChI is InChI=1S/C38H57NO2/c1-5-9-11-13-15-21-31(7-3)28-39(29-32(8-4)22-16-14-12-10-6-2)38(40)41-30-37-35-25-19-17-23-33(35)27-34-24-18-20-26-36(34)37/h17-20,23-27,31-32H,5-16,21-22,28-30H2,1-4H3. The molecular weight excluding hydrogens is 502 g/mol. The Hall–Kier alpha value is -2.55. The summed E-state index contributed by atoms with van der Waals surface area (Å²) in [6, 6.07) is 19.2. The average Bonchev–Trinajstić information content (AvgIpc) is 3.00. The van der Waals surface area contributed by atoms with Crippen LogP contribution < -0.4 is 0 Å². The maximum Gasteiger partial charge on any atom is 0.410 e. The van der Waals surface area contributed by atoms with E-state index in [2.05, 4.69) is 87.2 Å². The molecule has 0 heterocycles. The van der Waals surface area contributed by atoms with Crippen LogP contribution in [0.2, 0.25) is 0 Å². The van der Waals surface area contributed by atoms with E-state index in [1.165, 1.54) is 98.6 Å². The molecule has 0 saturated carbocycles. The van der Waals surface area contributed by atoms with Gasteiger partial charge in [0, 0.05) is 18.7 Å². The van der Waals surface area contributed by atoms with Crippen molar-refractivity contribution in [2.45, 2.75) is 124 Å². The number of benzene rings is 3. The van der Waals surface area contributed by atoms with Crippen LogP contribution >= 0.6 is 0 Å². The van der Waals surface area contributed by atoms with Gasteiger partial charge in [0.2, 0.25) is 0 Å². The summed E-state index contributed by atoms with van der Waals surface area (Å²) in [6.07, 6.45) is 17.5. The third-order valence-electron chi connectivity index (χ3n) is 9.02. The molecule has 2 atom stereocenters. The van der Waals surface area contributed by atoms with Gasteiger partial charge in [0.05, 0.1) is 0 Å². The summed E-state index contributed by atoms with van der Waals surface area (Å²) in [5, 5.41) is 4.72. The predicted molar refractivity (Wildman–Crippen MR) is 178 cm³/mol. The third kappa shape index (κ3) is 10.7. The molecule has 3 rings (SSSR count). The molecule has 3 nitrogen and oxygen atoms in total. The van der Waals surface area contributed by atoms with Crippen LogP contribution in [0, 0.1) is 11.8 Å². The summed E-state index contributed by atoms with van der Waals surface area (Å²) in [5.41, 5.74) is 1.11. The zero-order valence-electron chi connectivity index (χ0n) is 26.6. The highest BCUT2D eigenvalue weighted by atomic mass is 16.6. The van der Waals surface area contributed by atoms with Gasteiger partial charge in [-0.25, -0.2) is 4.79 Å². The molecule has 1 amide bonds. The van der Waals surface area contributed by atoms with E-state index in [1.54, 1.807) is 0 Å². The van der Waals surface area contributed by atoms with Gasteiger partial charge >= 0.3 is 6.09 Å². The van der Waals surface area contributed by atoms with Gasteiger partial charge in [0.15, 0.2) is 0 Å². The number of hydrogen-bond acceptors (Lipinski definition) is 2. The van der Waals surface area contributed by atoms with Crippen molar-refractivity contribution >= 4 is 27.6 Å². The van der Waals surface area contributed by atoms with Crippen molar-refractivity contribution in [1.82, 2.24) is 4.90 Å².